The largest absolute Gasteiger partial charge is 0.159 e. The number of rotatable bonds is 0. The van der Waals surface area contributed by atoms with Crippen LogP contribution < -0.4 is 0 Å². The van der Waals surface area contributed by atoms with Crippen molar-refractivity contribution in [2.75, 3.05) is 0 Å². The van der Waals surface area contributed by atoms with Gasteiger partial charge in [0.2, 0.25) is 0 Å². The molecule has 0 aliphatic carbocycles. The van der Waals surface area contributed by atoms with Crippen LogP contribution in [0.2, 0.25) is 0 Å². The average Bonchev–Trinajstić information content (AvgIpc) is 1.90. The van der Waals surface area contributed by atoms with Crippen LogP contribution in [0.1, 0.15) is 0 Å². The molecule has 10 heavy (non-hydrogen) atoms. The number of nitrogens with zero attached hydrogens (tertiary/aromatic N) is 2. The van der Waals surface area contributed by atoms with Gasteiger partial charge in [-0.2, -0.15) is 10.2 Å². The maximum absolute atomic E-state index is 8.92. The van der Waals surface area contributed by atoms with E-state index in [-0.39, 0.29) is 0 Å². The summed E-state index contributed by atoms with van der Waals surface area (Å²) in [7, 11) is 0. The Kier molecular flexibility index (Phi) is 5.96. The van der Waals surface area contributed by atoms with Gasteiger partial charge in [-0.1, -0.05) is 0 Å². The van der Waals surface area contributed by atoms with Crippen molar-refractivity contribution < 1.29 is 31.0 Å². The minimum Gasteiger partial charge on any atom is -0.159 e. The Bertz CT molecular complexity index is 150. The molecule has 5 heteroatoms. The van der Waals surface area contributed by atoms with Crippen molar-refractivity contribution in [1.82, 2.24) is 10.2 Å². The van der Waals surface area contributed by atoms with Gasteiger partial charge in [-0.15, -0.1) is 0 Å². The maximum atomic E-state index is 8.92. The first-order valence-electron chi connectivity index (χ1n) is 2.29. The Labute approximate surface area is 70.2 Å². The molecular weight excluding hydrogens is 228 g/mol. The van der Waals surface area contributed by atoms with Gasteiger partial charge in [0.1, 0.15) is 0 Å². The van der Waals surface area contributed by atoms with E-state index in [1.54, 1.807) is 12.4 Å². The molecule has 1 N–H and O–H groups in total. The van der Waals surface area contributed by atoms with E-state index in [4.69, 9.17) is 9.90 Å². The van der Waals surface area contributed by atoms with Crippen LogP contribution in [0.25, 0.3) is 0 Å². The van der Waals surface area contributed by atoms with Gasteiger partial charge in [0.15, 0.2) is 0 Å². The van der Waals surface area contributed by atoms with E-state index in [0.717, 1.165) is 0 Å². The van der Waals surface area contributed by atoms with E-state index in [0.29, 0.717) is 0 Å². The number of aromatic nitrogens is 2. The molecule has 0 saturated carbocycles. The molecule has 1 heterocycles. The molecule has 58 valence electrons. The zero-order chi connectivity index (χ0) is 7.82. The summed E-state index contributed by atoms with van der Waals surface area (Å²) < 4.78 is -1.02. The molecule has 0 amide bonds. The summed E-state index contributed by atoms with van der Waals surface area (Å²) in [6, 6.07) is 3.65. The van der Waals surface area contributed by atoms with Crippen LogP contribution in [0.3, 0.4) is 0 Å². The Morgan fingerprint density at radius 1 is 1.30 bits per heavy atom. The molecule has 0 spiro atoms. The minimum atomic E-state index is -1.02. The first-order chi connectivity index (χ1) is 4.73. The Morgan fingerprint density at radius 2 is 1.60 bits per heavy atom. The van der Waals surface area contributed by atoms with Gasteiger partial charge in [0.25, 0.3) is 0 Å². The standard InChI is InChI=1S/C4H4N2.CHO2.Ag/c1-2-4-6-5-3-1;2-1-3;/h1-4H;(H,2,3);. The topological polar surface area (TPSA) is 63.1 Å². The van der Waals surface area contributed by atoms with Crippen LogP contribution in [0.5, 0.6) is 0 Å². The van der Waals surface area contributed by atoms with E-state index < -0.39 is 4.19 Å². The normalized spacial score (nSPS) is 7.40. The van der Waals surface area contributed by atoms with E-state index in [2.05, 4.69) is 31.3 Å². The van der Waals surface area contributed by atoms with Crippen molar-refractivity contribution in [3.63, 3.8) is 0 Å². The molecule has 1 rings (SSSR count). The monoisotopic (exact) mass is 232 g/mol. The molecule has 1 aromatic heterocycles. The zero-order valence-corrected chi connectivity index (χ0v) is 6.34. The van der Waals surface area contributed by atoms with Crippen LogP contribution in [-0.4, -0.2) is 19.5 Å². The summed E-state index contributed by atoms with van der Waals surface area (Å²) in [4.78, 5) is 8.92. The van der Waals surface area contributed by atoms with E-state index in [1.807, 2.05) is 12.1 Å². The smallest absolute Gasteiger partial charge is 0.0496 e. The third-order valence-electron chi connectivity index (χ3n) is 0.483. The Balaban J connectivity index is 0.000000180. The van der Waals surface area contributed by atoms with Crippen LogP contribution in [0, 0.1) is 0 Å². The quantitative estimate of drug-likeness (QED) is 0.669. The van der Waals surface area contributed by atoms with Gasteiger partial charge >= 0.3 is 35.2 Å². The number of carboxylic acid groups (broad SMARTS) is 1. The fraction of sp³-hybridized carbons (Fsp3) is 0. The average molecular weight is 233 g/mol. The number of carbonyl (C=O) groups is 1. The molecule has 0 unspecified atom stereocenters. The van der Waals surface area contributed by atoms with Gasteiger partial charge in [-0.25, -0.2) is 0 Å². The van der Waals surface area contributed by atoms with Gasteiger partial charge in [0.05, 0.1) is 0 Å². The van der Waals surface area contributed by atoms with Gasteiger partial charge < -0.3 is 0 Å². The predicted octanol–water partition coefficient (Wildman–Crippen LogP) is 0.688. The van der Waals surface area contributed by atoms with Crippen LogP contribution in [0.4, 0.5) is 4.79 Å². The first-order valence-corrected chi connectivity index (χ1v) is 3.04. The van der Waals surface area contributed by atoms with E-state index >= 15 is 0 Å². The fourth-order valence-electron chi connectivity index (χ4n) is 0.253. The van der Waals surface area contributed by atoms with E-state index in [9.17, 15) is 0 Å². The molecule has 0 saturated heterocycles. The summed E-state index contributed by atoms with van der Waals surface area (Å²) >= 11 is 2.20. The van der Waals surface area contributed by atoms with Gasteiger partial charge in [0, 0.05) is 12.4 Å². The minimum absolute atomic E-state index is 1.02. The second-order valence-corrected chi connectivity index (χ2v) is 1.77. The molecule has 0 fully saturated rings. The van der Waals surface area contributed by atoms with Crippen molar-refractivity contribution in [1.29, 1.82) is 0 Å². The van der Waals surface area contributed by atoms with Crippen molar-refractivity contribution in [2.24, 2.45) is 0 Å². The molecule has 0 aromatic carbocycles. The number of hydrogen-bond acceptors (Lipinski definition) is 3. The predicted molar refractivity (Wildman–Crippen MR) is 30.1 cm³/mol. The van der Waals surface area contributed by atoms with Crippen LogP contribution in [-0.2, 0) is 21.1 Å². The molecule has 0 radical (unpaired) electrons. The summed E-state index contributed by atoms with van der Waals surface area (Å²) in [5.74, 6) is 0. The third-order valence-corrected chi connectivity index (χ3v) is 0.483. The molecule has 0 aliphatic heterocycles. The Hall–Kier alpha value is -0.710. The molecule has 0 aliphatic rings. The van der Waals surface area contributed by atoms with Crippen molar-refractivity contribution in [2.45, 2.75) is 0 Å². The van der Waals surface area contributed by atoms with Crippen molar-refractivity contribution >= 4 is 4.19 Å². The Morgan fingerprint density at radius 3 is 1.70 bits per heavy atom. The summed E-state index contributed by atoms with van der Waals surface area (Å²) in [5.41, 5.74) is 0. The van der Waals surface area contributed by atoms with Gasteiger partial charge in [-0.05, 0) is 12.1 Å². The summed E-state index contributed by atoms with van der Waals surface area (Å²) in [6.07, 6.45) is 3.28. The zero-order valence-electron chi connectivity index (χ0n) is 4.86. The summed E-state index contributed by atoms with van der Waals surface area (Å²) in [5, 5.41) is 14.4. The second-order valence-electron chi connectivity index (χ2n) is 1.13. The van der Waals surface area contributed by atoms with Crippen molar-refractivity contribution in [3.8, 4) is 0 Å². The maximum Gasteiger partial charge on any atom is 0.0496 e. The first kappa shape index (κ1) is 9.29. The summed E-state index contributed by atoms with van der Waals surface area (Å²) in [6.45, 7) is 0. The van der Waals surface area contributed by atoms with Crippen LogP contribution in [0.15, 0.2) is 24.5 Å². The second kappa shape index (κ2) is 6.41. The molecule has 1 aromatic rings. The third kappa shape index (κ3) is 10.3. The number of hydrogen-bond donors (Lipinski definition) is 1. The van der Waals surface area contributed by atoms with E-state index in [1.165, 1.54) is 0 Å². The van der Waals surface area contributed by atoms with Gasteiger partial charge in [-0.3, -0.25) is 0 Å². The molecular formula is C5H5AgN2O2. The molecule has 0 bridgehead atoms. The van der Waals surface area contributed by atoms with Crippen LogP contribution >= 0.6 is 0 Å². The SMILES string of the molecule is O=[C](O)[Ag].c1ccnnc1. The molecule has 0 atom stereocenters. The fourth-order valence-corrected chi connectivity index (χ4v) is 0.253. The molecule has 4 nitrogen and oxygen atoms in total. The van der Waals surface area contributed by atoms with Crippen molar-refractivity contribution in [3.05, 3.63) is 24.5 Å².